The monoisotopic (exact) mass is 538 g/mol. The van der Waals surface area contributed by atoms with Gasteiger partial charge in [0.25, 0.3) is 0 Å². The van der Waals surface area contributed by atoms with Gasteiger partial charge in [0.1, 0.15) is 0 Å². The van der Waals surface area contributed by atoms with Crippen LogP contribution < -0.4 is 0 Å². The Morgan fingerprint density at radius 1 is 0.788 bits per heavy atom. The Labute approximate surface area is 213 Å². The zero-order valence-corrected chi connectivity index (χ0v) is 30.8. The first-order valence-corrected chi connectivity index (χ1v) is 29.1. The van der Waals surface area contributed by atoms with Crippen LogP contribution in [0.4, 0.5) is 0 Å². The predicted octanol–water partition coefficient (Wildman–Crippen LogP) is 9.58. The lowest BCUT2D eigenvalue weighted by atomic mass is 9.80. The lowest BCUT2D eigenvalue weighted by Gasteiger charge is -2.61. The van der Waals surface area contributed by atoms with Gasteiger partial charge in [-0.1, -0.05) is 117 Å². The van der Waals surface area contributed by atoms with Crippen LogP contribution in [0.2, 0.25) is 82.8 Å². The van der Waals surface area contributed by atoms with Gasteiger partial charge in [-0.05, 0) is 46.4 Å². The summed E-state index contributed by atoms with van der Waals surface area (Å²) in [4.78, 5) is 1.88. The third kappa shape index (κ3) is 4.79. The molecule has 0 N–H and O–H groups in total. The van der Waals surface area contributed by atoms with Crippen molar-refractivity contribution in [3.05, 3.63) is 21.7 Å². The summed E-state index contributed by atoms with van der Waals surface area (Å²) in [6.45, 7) is 46.4. The van der Waals surface area contributed by atoms with Gasteiger partial charge >= 0.3 is 0 Å². The molecule has 33 heavy (non-hydrogen) atoms. The Kier molecular flexibility index (Phi) is 7.22. The molecule has 0 unspecified atom stereocenters. The number of hydrogen-bond donors (Lipinski definition) is 0. The molecule has 0 radical (unpaired) electrons. The minimum atomic E-state index is -2.41. The van der Waals surface area contributed by atoms with Crippen LogP contribution in [0.1, 0.15) is 48.0 Å². The molecule has 0 spiro atoms. The highest BCUT2D eigenvalue weighted by Gasteiger charge is 2.77. The average molecular weight is 539 g/mol. The minimum Gasteiger partial charge on any atom is -0.450 e. The van der Waals surface area contributed by atoms with E-state index >= 15 is 0 Å². The summed E-state index contributed by atoms with van der Waals surface area (Å²) in [6, 6.07) is 0. The van der Waals surface area contributed by atoms with Gasteiger partial charge in [-0.25, -0.2) is 0 Å². The van der Waals surface area contributed by atoms with E-state index in [0.717, 1.165) is 0 Å². The standard InChI is InChI=1S/C27H58OSi5/c1-25(2,3)22-23(26(4,5)6)24(22)33(28-32(16,17)18)21(29(7,8)9)19-20-27(33,30(10,11)12)31(13,14)15/h19,22H,20H2,1-18H3/t22-,33+/m1/s1. The van der Waals surface area contributed by atoms with Crippen molar-refractivity contribution in [1.29, 1.82) is 0 Å². The van der Waals surface area contributed by atoms with Crippen LogP contribution in [-0.2, 0) is 4.12 Å². The molecule has 192 valence electrons. The summed E-state index contributed by atoms with van der Waals surface area (Å²) in [6.07, 6.45) is 4.10. The molecule has 1 heterocycles. The molecule has 1 aliphatic heterocycles. The van der Waals surface area contributed by atoms with E-state index in [-0.39, 0.29) is 10.8 Å². The minimum absolute atomic E-state index is 0.216. The van der Waals surface area contributed by atoms with E-state index < -0.39 is 40.9 Å². The fraction of sp³-hybridized carbons (Fsp3) is 0.852. The topological polar surface area (TPSA) is 9.23 Å². The van der Waals surface area contributed by atoms with Gasteiger partial charge in [0.15, 0.2) is 8.32 Å². The van der Waals surface area contributed by atoms with E-state index in [1.54, 1.807) is 5.57 Å². The third-order valence-corrected chi connectivity index (χ3v) is 37.4. The van der Waals surface area contributed by atoms with Crippen molar-refractivity contribution in [3.8, 4) is 0 Å². The number of allylic oxidation sites excluding steroid dienone is 3. The van der Waals surface area contributed by atoms with Crippen molar-refractivity contribution in [2.75, 3.05) is 0 Å². The molecule has 0 bridgehead atoms. The normalized spacial score (nSPS) is 27.2. The molecule has 0 aromatic rings. The van der Waals surface area contributed by atoms with Crippen LogP contribution in [0.3, 0.4) is 0 Å². The Bertz CT molecular complexity index is 828. The Hall–Kier alpha value is 0.524. The average Bonchev–Trinajstić information content (AvgIpc) is 3.13. The van der Waals surface area contributed by atoms with E-state index in [4.69, 9.17) is 4.12 Å². The summed E-state index contributed by atoms with van der Waals surface area (Å²) in [5.41, 5.74) is 2.26. The van der Waals surface area contributed by atoms with Crippen LogP contribution >= 0.6 is 0 Å². The van der Waals surface area contributed by atoms with Crippen molar-refractivity contribution >= 4 is 40.9 Å². The molecular formula is C27H58OSi5. The van der Waals surface area contributed by atoms with Crippen molar-refractivity contribution in [1.82, 2.24) is 0 Å². The second kappa shape index (κ2) is 8.01. The second-order valence-corrected chi connectivity index (χ2v) is 43.3. The van der Waals surface area contributed by atoms with E-state index in [0.29, 0.717) is 10.2 Å². The summed E-state index contributed by atoms with van der Waals surface area (Å²) in [5, 5.41) is 1.88. The molecule has 0 saturated carbocycles. The molecule has 2 atom stereocenters. The predicted molar refractivity (Wildman–Crippen MR) is 165 cm³/mol. The van der Waals surface area contributed by atoms with Crippen LogP contribution in [-0.4, -0.2) is 40.9 Å². The summed E-state index contributed by atoms with van der Waals surface area (Å²) in [7, 11) is -9.01. The molecule has 0 amide bonds. The maximum Gasteiger partial charge on any atom is 0.234 e. The molecule has 6 heteroatoms. The summed E-state index contributed by atoms with van der Waals surface area (Å²) in [5.74, 6) is 0.616. The quantitative estimate of drug-likeness (QED) is 0.306. The number of hydrogen-bond acceptors (Lipinski definition) is 1. The second-order valence-electron chi connectivity index (χ2n) is 17.2. The zero-order valence-electron chi connectivity index (χ0n) is 25.8. The van der Waals surface area contributed by atoms with Crippen molar-refractivity contribution in [2.24, 2.45) is 16.7 Å². The lowest BCUT2D eigenvalue weighted by Crippen LogP contribution is -2.72. The van der Waals surface area contributed by atoms with Crippen LogP contribution in [0.5, 0.6) is 0 Å². The summed E-state index contributed by atoms with van der Waals surface area (Å²) >= 11 is 0. The molecule has 0 saturated heterocycles. The highest BCUT2D eigenvalue weighted by molar-refractivity contribution is 7.25. The molecule has 0 aromatic carbocycles. The molecule has 1 aliphatic carbocycles. The lowest BCUT2D eigenvalue weighted by molar-refractivity contribution is 0.334. The fourth-order valence-corrected chi connectivity index (χ4v) is 45.4. The highest BCUT2D eigenvalue weighted by atomic mass is 28.5. The van der Waals surface area contributed by atoms with E-state index in [9.17, 15) is 0 Å². The van der Waals surface area contributed by atoms with Gasteiger partial charge in [0.05, 0.1) is 8.07 Å². The highest BCUT2D eigenvalue weighted by Crippen LogP contribution is 2.73. The van der Waals surface area contributed by atoms with Crippen molar-refractivity contribution in [3.63, 3.8) is 0 Å². The fourth-order valence-electron chi connectivity index (χ4n) is 7.75. The molecule has 0 fully saturated rings. The molecule has 0 aromatic heterocycles. The molecular weight excluding hydrogens is 481 g/mol. The van der Waals surface area contributed by atoms with Gasteiger partial charge in [-0.2, -0.15) is 0 Å². The van der Waals surface area contributed by atoms with Crippen LogP contribution in [0.25, 0.3) is 0 Å². The van der Waals surface area contributed by atoms with E-state index in [1.807, 2.05) is 10.0 Å². The molecule has 2 aliphatic rings. The Morgan fingerprint density at radius 2 is 1.21 bits per heavy atom. The Balaban J connectivity index is 3.17. The molecule has 1 nitrogen and oxygen atoms in total. The first kappa shape index (κ1) is 29.8. The van der Waals surface area contributed by atoms with Gasteiger partial charge in [0.2, 0.25) is 8.32 Å². The van der Waals surface area contributed by atoms with E-state index in [1.165, 1.54) is 6.42 Å². The van der Waals surface area contributed by atoms with Crippen molar-refractivity contribution < 1.29 is 4.12 Å². The molecule has 2 rings (SSSR count). The van der Waals surface area contributed by atoms with E-state index in [2.05, 4.69) is 126 Å². The maximum atomic E-state index is 8.02. The van der Waals surface area contributed by atoms with Crippen LogP contribution in [0.15, 0.2) is 21.7 Å². The SMILES string of the molecule is CC(C)(C)C1=C([Si@@]2(O[Si](C)(C)C)C([Si](C)(C)C)=CCC2([Si](C)(C)C)[Si](C)(C)C)[C@@H]1C(C)(C)C. The first-order chi connectivity index (χ1) is 14.2. The van der Waals surface area contributed by atoms with Crippen LogP contribution in [0, 0.1) is 16.7 Å². The maximum absolute atomic E-state index is 8.02. The Morgan fingerprint density at radius 3 is 1.45 bits per heavy atom. The van der Waals surface area contributed by atoms with Gasteiger partial charge in [-0.15, -0.1) is 0 Å². The van der Waals surface area contributed by atoms with Gasteiger partial charge in [0, 0.05) is 22.1 Å². The smallest absolute Gasteiger partial charge is 0.234 e. The van der Waals surface area contributed by atoms with Gasteiger partial charge in [-0.3, -0.25) is 0 Å². The summed E-state index contributed by atoms with van der Waals surface area (Å²) < 4.78 is 8.44. The van der Waals surface area contributed by atoms with Crippen molar-refractivity contribution in [2.45, 2.75) is 131 Å². The third-order valence-electron chi connectivity index (χ3n) is 8.26. The zero-order chi connectivity index (χ0) is 26.4. The van der Waals surface area contributed by atoms with Gasteiger partial charge < -0.3 is 4.12 Å². The first-order valence-electron chi connectivity index (χ1n) is 13.3. The largest absolute Gasteiger partial charge is 0.450 e. The number of rotatable bonds is 6.